The fourth-order valence-electron chi connectivity index (χ4n) is 2.46. The Morgan fingerprint density at radius 3 is 2.70 bits per heavy atom. The molecule has 0 unspecified atom stereocenters. The number of nitrogens with zero attached hydrogens (tertiary/aromatic N) is 3. The summed E-state index contributed by atoms with van der Waals surface area (Å²) in [5, 5.41) is 9.40. The van der Waals surface area contributed by atoms with Crippen LogP contribution in [-0.2, 0) is 17.5 Å². The van der Waals surface area contributed by atoms with E-state index in [4.69, 9.17) is 16.7 Å². The van der Waals surface area contributed by atoms with Gasteiger partial charge in [-0.3, -0.25) is 4.79 Å². The summed E-state index contributed by atoms with van der Waals surface area (Å²) in [5.41, 5.74) is 1.43. The van der Waals surface area contributed by atoms with Crippen LogP contribution in [0.15, 0.2) is 40.6 Å². The second-order valence-electron chi connectivity index (χ2n) is 5.79. The van der Waals surface area contributed by atoms with Crippen molar-refractivity contribution < 1.29 is 23.1 Å². The molecule has 2 aromatic heterocycles. The Morgan fingerprint density at radius 2 is 2.07 bits per heavy atom. The van der Waals surface area contributed by atoms with Gasteiger partial charge in [0.1, 0.15) is 5.03 Å². The molecule has 0 atom stereocenters. The fraction of sp³-hybridized carbons (Fsp3) is 0.235. The standard InChI is InChI=1S/C17H13ClF3N3O2S/c1-9-2-3-13-12(6-9)23-16(24(13)5-4-14(25)26)27-15-11(18)7-10(8-22-15)17(19,20)21/h2-3,6-8H,4-5H2,1H3,(H,25,26). The Balaban J connectivity index is 2.01. The number of benzene rings is 1. The molecule has 0 spiro atoms. The van der Waals surface area contributed by atoms with E-state index in [1.54, 1.807) is 4.57 Å². The third-order valence-electron chi connectivity index (χ3n) is 3.74. The normalized spacial score (nSPS) is 11.9. The van der Waals surface area contributed by atoms with Crippen LogP contribution in [0.4, 0.5) is 13.2 Å². The summed E-state index contributed by atoms with van der Waals surface area (Å²) < 4.78 is 40.0. The minimum Gasteiger partial charge on any atom is -0.481 e. The summed E-state index contributed by atoms with van der Waals surface area (Å²) in [6.45, 7) is 2.06. The lowest BCUT2D eigenvalue weighted by Gasteiger charge is -2.10. The minimum atomic E-state index is -4.54. The van der Waals surface area contributed by atoms with Gasteiger partial charge in [0.2, 0.25) is 0 Å². The Hall–Kier alpha value is -2.26. The molecule has 10 heteroatoms. The van der Waals surface area contributed by atoms with Crippen molar-refractivity contribution in [2.45, 2.75) is 36.2 Å². The molecule has 27 heavy (non-hydrogen) atoms. The number of imidazole rings is 1. The molecule has 0 fully saturated rings. The monoisotopic (exact) mass is 415 g/mol. The molecule has 1 aromatic carbocycles. The van der Waals surface area contributed by atoms with Crippen LogP contribution in [0.1, 0.15) is 17.5 Å². The number of pyridine rings is 1. The van der Waals surface area contributed by atoms with E-state index in [1.165, 1.54) is 0 Å². The number of aliphatic carboxylic acids is 1. The van der Waals surface area contributed by atoms with Crippen molar-refractivity contribution in [3.63, 3.8) is 0 Å². The van der Waals surface area contributed by atoms with Gasteiger partial charge in [0.05, 0.1) is 28.0 Å². The lowest BCUT2D eigenvalue weighted by molar-refractivity contribution is -0.138. The molecule has 3 aromatic rings. The number of fused-ring (bicyclic) bond motifs is 1. The molecule has 142 valence electrons. The molecule has 0 amide bonds. The highest BCUT2D eigenvalue weighted by atomic mass is 35.5. The fourth-order valence-corrected chi connectivity index (χ4v) is 3.62. The summed E-state index contributed by atoms with van der Waals surface area (Å²) in [6.07, 6.45) is -3.95. The first-order chi connectivity index (χ1) is 12.6. The number of rotatable bonds is 5. The first kappa shape index (κ1) is 19.5. The van der Waals surface area contributed by atoms with Gasteiger partial charge in [0.25, 0.3) is 0 Å². The third-order valence-corrected chi connectivity index (χ3v) is 5.15. The topological polar surface area (TPSA) is 68.0 Å². The van der Waals surface area contributed by atoms with Crippen molar-refractivity contribution in [2.75, 3.05) is 0 Å². The molecule has 2 heterocycles. The maximum Gasteiger partial charge on any atom is 0.417 e. The van der Waals surface area contributed by atoms with Crippen molar-refractivity contribution in [2.24, 2.45) is 0 Å². The minimum absolute atomic E-state index is 0.124. The zero-order valence-corrected chi connectivity index (χ0v) is 15.5. The van der Waals surface area contributed by atoms with E-state index in [2.05, 4.69) is 9.97 Å². The van der Waals surface area contributed by atoms with E-state index in [9.17, 15) is 18.0 Å². The SMILES string of the molecule is Cc1ccc2c(c1)nc(Sc1ncc(C(F)(F)F)cc1Cl)n2CCC(=O)O. The third kappa shape index (κ3) is 4.36. The zero-order valence-electron chi connectivity index (χ0n) is 13.9. The number of carboxylic acids is 1. The lowest BCUT2D eigenvalue weighted by atomic mass is 10.2. The van der Waals surface area contributed by atoms with Crippen LogP contribution in [0.3, 0.4) is 0 Å². The van der Waals surface area contributed by atoms with Crippen LogP contribution in [0.2, 0.25) is 5.02 Å². The highest BCUT2D eigenvalue weighted by Crippen LogP contribution is 2.37. The molecular weight excluding hydrogens is 403 g/mol. The van der Waals surface area contributed by atoms with Gasteiger partial charge in [0, 0.05) is 12.7 Å². The Kier molecular flexibility index (Phi) is 5.34. The molecule has 0 radical (unpaired) electrons. The van der Waals surface area contributed by atoms with Crippen molar-refractivity contribution in [3.05, 3.63) is 46.6 Å². The molecular formula is C17H13ClF3N3O2S. The number of aromatic nitrogens is 3. The molecule has 0 aliphatic carbocycles. The first-order valence-electron chi connectivity index (χ1n) is 7.74. The molecule has 0 bridgehead atoms. The zero-order chi connectivity index (χ0) is 19.8. The number of carbonyl (C=O) groups is 1. The average Bonchev–Trinajstić information content (AvgIpc) is 2.90. The summed E-state index contributed by atoms with van der Waals surface area (Å²) >= 11 is 6.97. The van der Waals surface area contributed by atoms with Crippen LogP contribution in [0.25, 0.3) is 11.0 Å². The van der Waals surface area contributed by atoms with Gasteiger partial charge in [-0.25, -0.2) is 9.97 Å². The van der Waals surface area contributed by atoms with E-state index in [1.807, 2.05) is 25.1 Å². The molecule has 3 rings (SSSR count). The van der Waals surface area contributed by atoms with E-state index in [0.29, 0.717) is 16.9 Å². The second-order valence-corrected chi connectivity index (χ2v) is 7.16. The molecule has 0 aliphatic rings. The van der Waals surface area contributed by atoms with Crippen molar-refractivity contribution in [3.8, 4) is 0 Å². The average molecular weight is 416 g/mol. The largest absolute Gasteiger partial charge is 0.481 e. The molecule has 0 aliphatic heterocycles. The lowest BCUT2D eigenvalue weighted by Crippen LogP contribution is -2.07. The van der Waals surface area contributed by atoms with E-state index in [0.717, 1.165) is 28.9 Å². The van der Waals surface area contributed by atoms with Crippen molar-refractivity contribution in [1.29, 1.82) is 0 Å². The number of halogens is 4. The Bertz CT molecular complexity index is 1020. The van der Waals surface area contributed by atoms with E-state index >= 15 is 0 Å². The number of hydrogen-bond acceptors (Lipinski definition) is 4. The van der Waals surface area contributed by atoms with Gasteiger partial charge in [0.15, 0.2) is 5.16 Å². The van der Waals surface area contributed by atoms with Crippen molar-refractivity contribution >= 4 is 40.4 Å². The van der Waals surface area contributed by atoms with Crippen LogP contribution < -0.4 is 0 Å². The molecule has 5 nitrogen and oxygen atoms in total. The number of carboxylic acid groups (broad SMARTS) is 1. The molecule has 0 saturated heterocycles. The molecule has 1 N–H and O–H groups in total. The van der Waals surface area contributed by atoms with E-state index in [-0.39, 0.29) is 23.0 Å². The van der Waals surface area contributed by atoms with Crippen LogP contribution in [-0.4, -0.2) is 25.6 Å². The van der Waals surface area contributed by atoms with E-state index < -0.39 is 17.7 Å². The highest BCUT2D eigenvalue weighted by Gasteiger charge is 2.31. The maximum atomic E-state index is 12.8. The summed E-state index contributed by atoms with van der Waals surface area (Å²) in [5.74, 6) is -0.967. The highest BCUT2D eigenvalue weighted by molar-refractivity contribution is 7.99. The van der Waals surface area contributed by atoms with Gasteiger partial charge in [-0.15, -0.1) is 0 Å². The summed E-state index contributed by atoms with van der Waals surface area (Å²) in [6, 6.07) is 6.36. The van der Waals surface area contributed by atoms with Crippen LogP contribution >= 0.6 is 23.4 Å². The maximum absolute atomic E-state index is 12.8. The summed E-state index contributed by atoms with van der Waals surface area (Å²) in [7, 11) is 0. The predicted octanol–water partition coefficient (Wildman–Crippen LogP) is 5.04. The molecule has 0 saturated carbocycles. The first-order valence-corrected chi connectivity index (χ1v) is 8.94. The number of alkyl halides is 3. The van der Waals surface area contributed by atoms with Gasteiger partial charge >= 0.3 is 12.1 Å². The van der Waals surface area contributed by atoms with Gasteiger partial charge in [-0.2, -0.15) is 13.2 Å². The van der Waals surface area contributed by atoms with Crippen molar-refractivity contribution in [1.82, 2.24) is 14.5 Å². The quantitative estimate of drug-likeness (QED) is 0.632. The van der Waals surface area contributed by atoms with Crippen LogP contribution in [0, 0.1) is 6.92 Å². The van der Waals surface area contributed by atoms with Crippen LogP contribution in [0.5, 0.6) is 0 Å². The summed E-state index contributed by atoms with van der Waals surface area (Å²) in [4.78, 5) is 19.2. The van der Waals surface area contributed by atoms with Gasteiger partial charge in [-0.05, 0) is 42.4 Å². The second kappa shape index (κ2) is 7.40. The number of aryl methyl sites for hydroxylation is 2. The Labute approximate surface area is 161 Å². The van der Waals surface area contributed by atoms with Gasteiger partial charge < -0.3 is 9.67 Å². The van der Waals surface area contributed by atoms with Gasteiger partial charge in [-0.1, -0.05) is 17.7 Å². The number of hydrogen-bond donors (Lipinski definition) is 1. The smallest absolute Gasteiger partial charge is 0.417 e. The Morgan fingerprint density at radius 1 is 1.33 bits per heavy atom. The predicted molar refractivity (Wildman–Crippen MR) is 95.1 cm³/mol.